The highest BCUT2D eigenvalue weighted by molar-refractivity contribution is 5.57. The van der Waals surface area contributed by atoms with Gasteiger partial charge in [-0.25, -0.2) is 4.39 Å². The minimum Gasteiger partial charge on any atom is -0.494 e. The van der Waals surface area contributed by atoms with Gasteiger partial charge in [-0.3, -0.25) is 0 Å². The topological polar surface area (TPSA) is 21.3 Å². The normalized spacial score (nSPS) is 12.2. The first-order valence-electron chi connectivity index (χ1n) is 7.25. The van der Waals surface area contributed by atoms with Gasteiger partial charge in [-0.1, -0.05) is 44.2 Å². The lowest BCUT2D eigenvalue weighted by Gasteiger charge is -2.23. The molecule has 0 radical (unpaired) electrons. The Kier molecular flexibility index (Phi) is 5.20. The minimum absolute atomic E-state index is 0.172. The highest BCUT2D eigenvalue weighted by Gasteiger charge is 2.15. The van der Waals surface area contributed by atoms with Crippen molar-refractivity contribution in [3.05, 3.63) is 59.9 Å². The van der Waals surface area contributed by atoms with Gasteiger partial charge in [-0.2, -0.15) is 0 Å². The molecule has 0 aromatic heterocycles. The summed E-state index contributed by atoms with van der Waals surface area (Å²) in [4.78, 5) is 0. The average Bonchev–Trinajstić information content (AvgIpc) is 2.48. The van der Waals surface area contributed by atoms with E-state index >= 15 is 0 Å². The molecule has 1 atom stereocenters. The number of halogens is 1. The third-order valence-electron chi connectivity index (χ3n) is 3.40. The van der Waals surface area contributed by atoms with Crippen LogP contribution in [0.2, 0.25) is 0 Å². The van der Waals surface area contributed by atoms with Crippen molar-refractivity contribution in [2.75, 3.05) is 12.4 Å². The number of hydrogen-bond donors (Lipinski definition) is 1. The predicted molar refractivity (Wildman–Crippen MR) is 85.2 cm³/mol. The van der Waals surface area contributed by atoms with Crippen LogP contribution in [0.3, 0.4) is 0 Å². The largest absolute Gasteiger partial charge is 0.494 e. The van der Waals surface area contributed by atoms with Crippen molar-refractivity contribution in [3.8, 4) is 5.75 Å². The molecule has 2 rings (SSSR count). The zero-order chi connectivity index (χ0) is 15.2. The Morgan fingerprint density at radius 1 is 1.10 bits per heavy atom. The first-order chi connectivity index (χ1) is 10.1. The van der Waals surface area contributed by atoms with Gasteiger partial charge in [0.15, 0.2) is 0 Å². The van der Waals surface area contributed by atoms with Crippen molar-refractivity contribution in [1.29, 1.82) is 0 Å². The van der Waals surface area contributed by atoms with Gasteiger partial charge in [0.05, 0.1) is 18.8 Å². The monoisotopic (exact) mass is 287 g/mol. The predicted octanol–water partition coefficient (Wildman–Crippen LogP) is 5.03. The molecule has 0 bridgehead atoms. The highest BCUT2D eigenvalue weighted by Crippen LogP contribution is 2.31. The number of anilines is 1. The second-order valence-electron chi connectivity index (χ2n) is 5.58. The Morgan fingerprint density at radius 2 is 1.81 bits per heavy atom. The summed E-state index contributed by atoms with van der Waals surface area (Å²) in [6.45, 7) is 4.39. The lowest BCUT2D eigenvalue weighted by molar-refractivity contribution is 0.411. The number of benzene rings is 2. The molecule has 2 aromatic carbocycles. The summed E-state index contributed by atoms with van der Waals surface area (Å²) in [6.07, 6.45) is 0.991. The number of ether oxygens (including phenoxy) is 1. The fraction of sp³-hybridized carbons (Fsp3) is 0.333. The van der Waals surface area contributed by atoms with E-state index in [2.05, 4.69) is 31.3 Å². The van der Waals surface area contributed by atoms with Gasteiger partial charge in [0.2, 0.25) is 0 Å². The van der Waals surface area contributed by atoms with E-state index in [4.69, 9.17) is 4.74 Å². The van der Waals surface area contributed by atoms with Crippen LogP contribution >= 0.6 is 0 Å². The van der Waals surface area contributed by atoms with Gasteiger partial charge in [0.1, 0.15) is 11.6 Å². The van der Waals surface area contributed by atoms with Crippen molar-refractivity contribution in [2.45, 2.75) is 26.3 Å². The Hall–Kier alpha value is -2.03. The number of methoxy groups -OCH3 is 1. The molecule has 0 saturated heterocycles. The van der Waals surface area contributed by atoms with Gasteiger partial charge in [-0.15, -0.1) is 0 Å². The lowest BCUT2D eigenvalue weighted by Crippen LogP contribution is -2.14. The number of nitrogens with one attached hydrogen (secondary N) is 1. The van der Waals surface area contributed by atoms with E-state index < -0.39 is 0 Å². The van der Waals surface area contributed by atoms with E-state index in [0.717, 1.165) is 12.1 Å². The first kappa shape index (κ1) is 15.4. The van der Waals surface area contributed by atoms with Crippen LogP contribution < -0.4 is 10.1 Å². The maximum Gasteiger partial charge on any atom is 0.144 e. The molecule has 2 nitrogen and oxygen atoms in total. The van der Waals surface area contributed by atoms with Gasteiger partial charge < -0.3 is 10.1 Å². The molecule has 3 heteroatoms. The van der Waals surface area contributed by atoms with E-state index in [1.165, 1.54) is 17.7 Å². The van der Waals surface area contributed by atoms with E-state index in [9.17, 15) is 4.39 Å². The van der Waals surface area contributed by atoms with Crippen LogP contribution in [0.25, 0.3) is 0 Å². The molecule has 0 aliphatic carbocycles. The summed E-state index contributed by atoms with van der Waals surface area (Å²) >= 11 is 0. The number of rotatable bonds is 6. The fourth-order valence-corrected chi connectivity index (χ4v) is 2.41. The third-order valence-corrected chi connectivity index (χ3v) is 3.40. The maximum absolute atomic E-state index is 13.3. The van der Waals surface area contributed by atoms with Crippen LogP contribution in [0.5, 0.6) is 5.75 Å². The Bertz CT molecular complexity index is 569. The van der Waals surface area contributed by atoms with Gasteiger partial charge >= 0.3 is 0 Å². The molecule has 0 fully saturated rings. The average molecular weight is 287 g/mol. The Balaban J connectivity index is 2.27. The zero-order valence-corrected chi connectivity index (χ0v) is 12.8. The second kappa shape index (κ2) is 7.11. The summed E-state index contributed by atoms with van der Waals surface area (Å²) in [5.74, 6) is 0.784. The molecule has 2 aromatic rings. The van der Waals surface area contributed by atoms with E-state index in [0.29, 0.717) is 11.7 Å². The van der Waals surface area contributed by atoms with Crippen LogP contribution in [0.15, 0.2) is 48.5 Å². The van der Waals surface area contributed by atoms with Crippen molar-refractivity contribution >= 4 is 5.69 Å². The van der Waals surface area contributed by atoms with Gasteiger partial charge in [0, 0.05) is 6.07 Å². The summed E-state index contributed by atoms with van der Waals surface area (Å²) in [6, 6.07) is 15.0. The molecule has 112 valence electrons. The van der Waals surface area contributed by atoms with Crippen LogP contribution in [0.4, 0.5) is 10.1 Å². The highest BCUT2D eigenvalue weighted by atomic mass is 19.1. The lowest BCUT2D eigenvalue weighted by atomic mass is 9.96. The van der Waals surface area contributed by atoms with E-state index in [1.807, 2.05) is 18.2 Å². The smallest absolute Gasteiger partial charge is 0.144 e. The van der Waals surface area contributed by atoms with Crippen molar-refractivity contribution in [2.24, 2.45) is 5.92 Å². The maximum atomic E-state index is 13.3. The standard InChI is InChI=1S/C18H22FNO/c1-13(2)11-17(14-7-5-4-6-8-14)20-16-10-9-15(19)12-18(16)21-3/h4-10,12-13,17,20H,11H2,1-3H3. The zero-order valence-electron chi connectivity index (χ0n) is 12.8. The molecule has 1 unspecified atom stereocenters. The quantitative estimate of drug-likeness (QED) is 0.804. The molecule has 0 aliphatic heterocycles. The third kappa shape index (κ3) is 4.22. The number of hydrogen-bond acceptors (Lipinski definition) is 2. The van der Waals surface area contributed by atoms with Crippen LogP contribution in [-0.4, -0.2) is 7.11 Å². The van der Waals surface area contributed by atoms with Crippen LogP contribution in [0.1, 0.15) is 31.9 Å². The summed E-state index contributed by atoms with van der Waals surface area (Å²) in [5, 5.41) is 3.48. The van der Waals surface area contributed by atoms with Crippen molar-refractivity contribution in [3.63, 3.8) is 0 Å². The minimum atomic E-state index is -0.294. The van der Waals surface area contributed by atoms with Crippen LogP contribution in [0, 0.1) is 11.7 Å². The molecule has 0 saturated carbocycles. The Labute approximate surface area is 126 Å². The summed E-state index contributed by atoms with van der Waals surface area (Å²) in [5.41, 5.74) is 2.03. The Morgan fingerprint density at radius 3 is 2.43 bits per heavy atom. The van der Waals surface area contributed by atoms with E-state index in [1.54, 1.807) is 13.2 Å². The second-order valence-corrected chi connectivity index (χ2v) is 5.58. The molecule has 1 N–H and O–H groups in total. The molecule has 0 heterocycles. The van der Waals surface area contributed by atoms with Crippen molar-refractivity contribution in [1.82, 2.24) is 0 Å². The summed E-state index contributed by atoms with van der Waals surface area (Å²) < 4.78 is 18.6. The van der Waals surface area contributed by atoms with E-state index in [-0.39, 0.29) is 11.9 Å². The molecule has 0 spiro atoms. The fourth-order valence-electron chi connectivity index (χ4n) is 2.41. The summed E-state index contributed by atoms with van der Waals surface area (Å²) in [7, 11) is 1.56. The van der Waals surface area contributed by atoms with Crippen molar-refractivity contribution < 1.29 is 9.13 Å². The van der Waals surface area contributed by atoms with Gasteiger partial charge in [0.25, 0.3) is 0 Å². The molecule has 0 aliphatic rings. The van der Waals surface area contributed by atoms with Gasteiger partial charge in [-0.05, 0) is 30.0 Å². The molecule has 21 heavy (non-hydrogen) atoms. The molecular formula is C18H22FNO. The molecule has 0 amide bonds. The van der Waals surface area contributed by atoms with Crippen LogP contribution in [-0.2, 0) is 0 Å². The first-order valence-corrected chi connectivity index (χ1v) is 7.25. The SMILES string of the molecule is COc1cc(F)ccc1NC(CC(C)C)c1ccccc1. The molecular weight excluding hydrogens is 265 g/mol.